The molecule has 0 spiro atoms. The van der Waals surface area contributed by atoms with Crippen molar-refractivity contribution in [2.45, 2.75) is 18.9 Å². The number of rotatable bonds is 13. The van der Waals surface area contributed by atoms with Crippen molar-refractivity contribution in [3.05, 3.63) is 23.8 Å². The van der Waals surface area contributed by atoms with Gasteiger partial charge in [-0.05, 0) is 31.0 Å². The fourth-order valence-corrected chi connectivity index (χ4v) is 2.45. The fourth-order valence-electron chi connectivity index (χ4n) is 2.45. The zero-order valence-corrected chi connectivity index (χ0v) is 17.3. The molecule has 13 heteroatoms. The van der Waals surface area contributed by atoms with E-state index >= 15 is 0 Å². The van der Waals surface area contributed by atoms with Gasteiger partial charge in [0.05, 0.1) is 24.9 Å². The van der Waals surface area contributed by atoms with Crippen LogP contribution in [0.2, 0.25) is 0 Å². The first-order valence-corrected chi connectivity index (χ1v) is 9.06. The van der Waals surface area contributed by atoms with Crippen molar-refractivity contribution in [1.82, 2.24) is 27.2 Å². The van der Waals surface area contributed by atoms with Gasteiger partial charge < -0.3 is 26.0 Å². The first kappa shape index (κ1) is 24.6. The number of carbonyl (C=O) groups is 2. The Morgan fingerprint density at radius 3 is 2.70 bits per heavy atom. The molecule has 1 aromatic rings. The van der Waals surface area contributed by atoms with Gasteiger partial charge in [-0.15, -0.1) is 5.53 Å². The number of nitrogens with zero attached hydrogens (tertiary/aromatic N) is 2. The molecule has 0 fully saturated rings. The van der Waals surface area contributed by atoms with Crippen LogP contribution in [0.1, 0.15) is 23.2 Å². The summed E-state index contributed by atoms with van der Waals surface area (Å²) >= 11 is 0. The van der Waals surface area contributed by atoms with Crippen LogP contribution < -0.4 is 48.5 Å². The van der Waals surface area contributed by atoms with E-state index in [1.165, 1.54) is 7.11 Å². The van der Waals surface area contributed by atoms with E-state index < -0.39 is 17.7 Å². The predicted octanol–water partition coefficient (Wildman–Crippen LogP) is -1.85. The smallest absolute Gasteiger partial charge is 0.255 e. The fraction of sp³-hybridized carbons (Fsp3) is 0.412. The summed E-state index contributed by atoms with van der Waals surface area (Å²) < 4.78 is 5.28. The van der Waals surface area contributed by atoms with Gasteiger partial charge in [0.2, 0.25) is 0 Å². The lowest BCUT2D eigenvalue weighted by Crippen LogP contribution is -2.46. The third-order valence-corrected chi connectivity index (χ3v) is 3.96. The number of benzene rings is 1. The number of hydrazine groups is 3. The molecule has 0 aliphatic rings. The quantitative estimate of drug-likeness (QED) is 0.0587. The average Bonchev–Trinajstić information content (AvgIpc) is 2.72. The van der Waals surface area contributed by atoms with E-state index in [1.807, 2.05) is 25.1 Å². The molecule has 166 valence electrons. The number of hydrogen-bond acceptors (Lipinski definition) is 10. The van der Waals surface area contributed by atoms with Gasteiger partial charge in [-0.1, -0.05) is 0 Å². The molecule has 0 aromatic heterocycles. The van der Waals surface area contributed by atoms with Crippen LogP contribution in [0, 0.1) is 5.41 Å². The number of carbonyl (C=O) groups excluding carboxylic acids is 2. The summed E-state index contributed by atoms with van der Waals surface area (Å²) in [7, 11) is 5.17. The summed E-state index contributed by atoms with van der Waals surface area (Å²) in [6, 6.07) is 4.34. The van der Waals surface area contributed by atoms with Crippen LogP contribution in [0.5, 0.6) is 5.75 Å². The molecule has 1 atom stereocenters. The summed E-state index contributed by atoms with van der Waals surface area (Å²) in [5.41, 5.74) is 13.0. The van der Waals surface area contributed by atoms with Crippen LogP contribution >= 0.6 is 0 Å². The van der Waals surface area contributed by atoms with Gasteiger partial charge in [-0.2, -0.15) is 10.6 Å². The Morgan fingerprint density at radius 2 is 2.10 bits per heavy atom. The van der Waals surface area contributed by atoms with E-state index in [9.17, 15) is 9.59 Å². The first-order chi connectivity index (χ1) is 14.3. The zero-order chi connectivity index (χ0) is 22.5. The van der Waals surface area contributed by atoms with Crippen LogP contribution in [-0.2, 0) is 4.79 Å². The van der Waals surface area contributed by atoms with Gasteiger partial charge >= 0.3 is 0 Å². The normalized spacial score (nSPS) is 11.6. The molecule has 10 N–H and O–H groups in total. The lowest BCUT2D eigenvalue weighted by atomic mass is 10.1. The average molecular weight is 422 g/mol. The molecule has 0 unspecified atom stereocenters. The van der Waals surface area contributed by atoms with E-state index in [4.69, 9.17) is 21.7 Å². The number of amides is 1. The third kappa shape index (κ3) is 8.30. The number of nitrogens with two attached hydrogens (primary N) is 2. The maximum atomic E-state index is 12.9. The van der Waals surface area contributed by atoms with E-state index in [2.05, 4.69) is 32.3 Å². The van der Waals surface area contributed by atoms with Crippen molar-refractivity contribution in [1.29, 1.82) is 5.41 Å². The lowest BCUT2D eigenvalue weighted by Gasteiger charge is -2.19. The number of nitrogens with one attached hydrogen (secondary N) is 6. The zero-order valence-electron chi connectivity index (χ0n) is 17.3. The third-order valence-electron chi connectivity index (χ3n) is 3.96. The molecule has 1 amide bonds. The summed E-state index contributed by atoms with van der Waals surface area (Å²) in [6.45, 7) is 0.377. The maximum absolute atomic E-state index is 12.9. The molecule has 30 heavy (non-hydrogen) atoms. The van der Waals surface area contributed by atoms with Gasteiger partial charge in [-0.3, -0.25) is 20.8 Å². The van der Waals surface area contributed by atoms with E-state index in [-0.39, 0.29) is 5.96 Å². The first-order valence-electron chi connectivity index (χ1n) is 9.06. The van der Waals surface area contributed by atoms with E-state index in [1.54, 1.807) is 12.1 Å². The van der Waals surface area contributed by atoms with Crippen molar-refractivity contribution in [2.75, 3.05) is 32.6 Å². The van der Waals surface area contributed by atoms with Gasteiger partial charge in [-0.25, -0.2) is 5.53 Å². The molecule has 0 radical (unpaired) electrons. The largest absolute Gasteiger partial charge is 0.496 e. The van der Waals surface area contributed by atoms with Crippen LogP contribution in [-0.4, -0.2) is 57.7 Å². The Hall–Kier alpha value is -3.42. The molecule has 1 aromatic carbocycles. The number of hydrogen-bond donors (Lipinski definition) is 8. The Labute approximate surface area is 175 Å². The summed E-state index contributed by atoms with van der Waals surface area (Å²) in [5, 5.41) is 16.2. The summed E-state index contributed by atoms with van der Waals surface area (Å²) in [6.07, 6.45) is 1.81. The van der Waals surface area contributed by atoms with Crippen molar-refractivity contribution < 1.29 is 14.3 Å². The van der Waals surface area contributed by atoms with Gasteiger partial charge in [0.1, 0.15) is 5.75 Å². The number of methoxy groups -OCH3 is 1. The number of anilines is 1. The summed E-state index contributed by atoms with van der Waals surface area (Å²) in [4.78, 5) is 27.3. The SMILES string of the molecule is COc1ccc(N(C)C)cc1C(=O)N[C@@H](CCCNC(=N)N)C(=O)/C=N\NNNN. The van der Waals surface area contributed by atoms with Crippen LogP contribution in [0.25, 0.3) is 0 Å². The topological polar surface area (TPSA) is 195 Å². The molecule has 0 aliphatic heterocycles. The number of Topliss-reactive ketones (excluding diaryl/α,β-unsaturated/α-hetero) is 1. The highest BCUT2D eigenvalue weighted by molar-refractivity contribution is 6.30. The Morgan fingerprint density at radius 1 is 1.37 bits per heavy atom. The van der Waals surface area contributed by atoms with Gasteiger partial charge in [0.15, 0.2) is 11.7 Å². The molecule has 0 saturated carbocycles. The Bertz CT molecular complexity index is 753. The molecule has 13 nitrogen and oxygen atoms in total. The van der Waals surface area contributed by atoms with Crippen molar-refractivity contribution >= 4 is 29.6 Å². The van der Waals surface area contributed by atoms with Crippen LogP contribution in [0.3, 0.4) is 0 Å². The minimum atomic E-state index is -0.852. The Balaban J connectivity index is 2.96. The number of guanidine groups is 1. The second-order valence-electron chi connectivity index (χ2n) is 6.33. The molecular formula is C17H30N10O3. The highest BCUT2D eigenvalue weighted by Crippen LogP contribution is 2.24. The second kappa shape index (κ2) is 12.9. The number of hydrazone groups is 1. The molecule has 0 bridgehead atoms. The number of ether oxygens (including phenoxy) is 1. The summed E-state index contributed by atoms with van der Waals surface area (Å²) in [5.74, 6) is 4.34. The molecule has 0 heterocycles. The maximum Gasteiger partial charge on any atom is 0.255 e. The van der Waals surface area contributed by atoms with Crippen LogP contribution in [0.4, 0.5) is 5.69 Å². The van der Waals surface area contributed by atoms with E-state index in [0.29, 0.717) is 30.7 Å². The van der Waals surface area contributed by atoms with Gasteiger partial charge in [0, 0.05) is 26.3 Å². The Kier molecular flexibility index (Phi) is 10.6. The minimum Gasteiger partial charge on any atom is -0.496 e. The van der Waals surface area contributed by atoms with Crippen molar-refractivity contribution in [3.8, 4) is 5.75 Å². The molecule has 0 saturated heterocycles. The molecule has 0 aliphatic carbocycles. The van der Waals surface area contributed by atoms with Crippen LogP contribution in [0.15, 0.2) is 23.3 Å². The van der Waals surface area contributed by atoms with Crippen molar-refractivity contribution in [2.24, 2.45) is 16.7 Å². The highest BCUT2D eigenvalue weighted by atomic mass is 16.5. The predicted molar refractivity (Wildman–Crippen MR) is 115 cm³/mol. The standard InChI is InChI=1S/C17H30N10O3/c1-27(2)11-6-7-15(30-3)12(9-11)16(29)23-13(5-4-8-21-17(18)19)14(28)10-22-25-26-24-20/h6-7,9-10,13,24-26H,4-5,8,20H2,1-3H3,(H,23,29)(H4,18,19,21)/b22-10-/t13-/m0/s1. The second-order valence-corrected chi connectivity index (χ2v) is 6.33. The monoisotopic (exact) mass is 422 g/mol. The molecular weight excluding hydrogens is 392 g/mol. The van der Waals surface area contributed by atoms with Gasteiger partial charge in [0.25, 0.3) is 5.91 Å². The molecule has 1 rings (SSSR count). The minimum absolute atomic E-state index is 0.168. The highest BCUT2D eigenvalue weighted by Gasteiger charge is 2.22. The number of ketones is 1. The van der Waals surface area contributed by atoms with E-state index in [0.717, 1.165) is 11.9 Å². The lowest BCUT2D eigenvalue weighted by molar-refractivity contribution is -0.114. The van der Waals surface area contributed by atoms with Crippen molar-refractivity contribution in [3.63, 3.8) is 0 Å².